The number of carbonyl (C=O) groups excluding carboxylic acids is 1. The number of rotatable bonds is 4. The van der Waals surface area contributed by atoms with Gasteiger partial charge in [0.2, 0.25) is 0 Å². The number of carbonyl (C=O) groups is 1. The van der Waals surface area contributed by atoms with Crippen LogP contribution >= 0.6 is 11.3 Å². The number of piperazine rings is 1. The fourth-order valence-electron chi connectivity index (χ4n) is 2.85. The van der Waals surface area contributed by atoms with E-state index in [0.717, 1.165) is 24.2 Å². The molecule has 0 saturated carbocycles. The Kier molecular flexibility index (Phi) is 4.94. The quantitative estimate of drug-likeness (QED) is 0.933. The number of hydrogen-bond donors (Lipinski definition) is 1. The van der Waals surface area contributed by atoms with Crippen LogP contribution in [0.2, 0.25) is 0 Å². The lowest BCUT2D eigenvalue weighted by Crippen LogP contribution is -2.50. The molecule has 2 heterocycles. The van der Waals surface area contributed by atoms with Gasteiger partial charge in [-0.3, -0.25) is 9.69 Å². The highest BCUT2D eigenvalue weighted by Gasteiger charge is 2.24. The molecular formula is C17H21FN2O2S. The van der Waals surface area contributed by atoms with Crippen LogP contribution in [-0.2, 0) is 0 Å². The number of aliphatic hydroxyl groups is 1. The Morgan fingerprint density at radius 1 is 1.35 bits per heavy atom. The molecule has 1 amide bonds. The van der Waals surface area contributed by atoms with Crippen LogP contribution in [0.25, 0.3) is 10.1 Å². The number of amides is 1. The van der Waals surface area contributed by atoms with Crippen LogP contribution in [0.3, 0.4) is 0 Å². The van der Waals surface area contributed by atoms with Gasteiger partial charge in [0.25, 0.3) is 5.91 Å². The zero-order chi connectivity index (χ0) is 16.4. The average Bonchev–Trinajstić information content (AvgIpc) is 3.00. The van der Waals surface area contributed by atoms with Gasteiger partial charge in [-0.15, -0.1) is 11.3 Å². The van der Waals surface area contributed by atoms with Crippen molar-refractivity contribution in [2.45, 2.75) is 19.4 Å². The molecule has 1 aromatic carbocycles. The van der Waals surface area contributed by atoms with Gasteiger partial charge < -0.3 is 10.0 Å². The van der Waals surface area contributed by atoms with Gasteiger partial charge in [-0.05, 0) is 24.6 Å². The first kappa shape index (κ1) is 16.4. The first-order valence-corrected chi connectivity index (χ1v) is 8.78. The Bertz CT molecular complexity index is 695. The number of benzene rings is 1. The Morgan fingerprint density at radius 2 is 2.09 bits per heavy atom. The van der Waals surface area contributed by atoms with Crippen molar-refractivity contribution in [1.82, 2.24) is 9.80 Å². The summed E-state index contributed by atoms with van der Waals surface area (Å²) >= 11 is 1.34. The van der Waals surface area contributed by atoms with Crippen molar-refractivity contribution in [1.29, 1.82) is 0 Å². The molecular weight excluding hydrogens is 315 g/mol. The number of nitrogens with zero attached hydrogens (tertiary/aromatic N) is 2. The molecule has 23 heavy (non-hydrogen) atoms. The second kappa shape index (κ2) is 6.95. The van der Waals surface area contributed by atoms with Crippen LogP contribution in [0.5, 0.6) is 0 Å². The first-order valence-electron chi connectivity index (χ1n) is 7.96. The number of β-amino-alcohol motifs (C(OH)–C–C–N with tert-alkyl or cyclic N) is 1. The highest BCUT2D eigenvalue weighted by molar-refractivity contribution is 7.20. The van der Waals surface area contributed by atoms with E-state index in [0.29, 0.717) is 29.9 Å². The van der Waals surface area contributed by atoms with Gasteiger partial charge in [0.05, 0.1) is 11.0 Å². The predicted molar refractivity (Wildman–Crippen MR) is 90.4 cm³/mol. The molecule has 1 N–H and O–H groups in total. The minimum absolute atomic E-state index is 0.0266. The summed E-state index contributed by atoms with van der Waals surface area (Å²) in [6, 6.07) is 6.58. The van der Waals surface area contributed by atoms with Gasteiger partial charge >= 0.3 is 0 Å². The number of aliphatic hydroxyl groups excluding tert-OH is 1. The van der Waals surface area contributed by atoms with Crippen LogP contribution in [0.15, 0.2) is 24.3 Å². The second-order valence-corrected chi connectivity index (χ2v) is 7.00. The summed E-state index contributed by atoms with van der Waals surface area (Å²) in [4.78, 5) is 17.2. The molecule has 6 heteroatoms. The zero-order valence-electron chi connectivity index (χ0n) is 13.2. The first-order chi connectivity index (χ1) is 11.1. The Morgan fingerprint density at radius 3 is 2.74 bits per heavy atom. The molecule has 1 saturated heterocycles. The van der Waals surface area contributed by atoms with Crippen molar-refractivity contribution in [2.24, 2.45) is 0 Å². The molecule has 0 radical (unpaired) electrons. The maximum absolute atomic E-state index is 13.8. The third kappa shape index (κ3) is 3.54. The molecule has 1 aliphatic heterocycles. The minimum atomic E-state index is -0.303. The normalized spacial score (nSPS) is 17.6. The summed E-state index contributed by atoms with van der Waals surface area (Å²) in [6.45, 7) is 5.44. The monoisotopic (exact) mass is 336 g/mol. The van der Waals surface area contributed by atoms with Crippen molar-refractivity contribution in [3.63, 3.8) is 0 Å². The van der Waals surface area contributed by atoms with Crippen molar-refractivity contribution in [2.75, 3.05) is 32.7 Å². The van der Waals surface area contributed by atoms with E-state index in [9.17, 15) is 14.3 Å². The molecule has 0 bridgehead atoms. The van der Waals surface area contributed by atoms with E-state index in [2.05, 4.69) is 4.90 Å². The van der Waals surface area contributed by atoms with E-state index in [-0.39, 0.29) is 17.8 Å². The molecule has 0 aliphatic carbocycles. The van der Waals surface area contributed by atoms with E-state index in [1.165, 1.54) is 17.4 Å². The van der Waals surface area contributed by atoms with Gasteiger partial charge in [0.1, 0.15) is 5.82 Å². The maximum Gasteiger partial charge on any atom is 0.264 e. The molecule has 1 aliphatic rings. The molecule has 124 valence electrons. The Labute approximate surface area is 139 Å². The number of fused-ring (bicyclic) bond motifs is 1. The van der Waals surface area contributed by atoms with Gasteiger partial charge in [0, 0.05) is 42.8 Å². The second-order valence-electron chi connectivity index (χ2n) is 5.92. The van der Waals surface area contributed by atoms with E-state index >= 15 is 0 Å². The SMILES string of the molecule is CC[C@@H](O)CN1CCN(C(=O)c2cc3c(F)cccc3s2)CC1. The fraction of sp³-hybridized carbons (Fsp3) is 0.471. The topological polar surface area (TPSA) is 43.8 Å². The summed E-state index contributed by atoms with van der Waals surface area (Å²) < 4.78 is 14.6. The number of thiophene rings is 1. The van der Waals surface area contributed by atoms with Crippen molar-refractivity contribution < 1.29 is 14.3 Å². The maximum atomic E-state index is 13.8. The summed E-state index contributed by atoms with van der Waals surface area (Å²) in [6.07, 6.45) is 0.440. The molecule has 1 aromatic heterocycles. The fourth-order valence-corrected chi connectivity index (χ4v) is 3.89. The Balaban J connectivity index is 1.66. The van der Waals surface area contributed by atoms with Gasteiger partial charge in [-0.2, -0.15) is 0 Å². The minimum Gasteiger partial charge on any atom is -0.392 e. The van der Waals surface area contributed by atoms with Crippen LogP contribution in [0, 0.1) is 5.82 Å². The number of hydrogen-bond acceptors (Lipinski definition) is 4. The largest absolute Gasteiger partial charge is 0.392 e. The summed E-state index contributed by atoms with van der Waals surface area (Å²) in [5.41, 5.74) is 0. The lowest BCUT2D eigenvalue weighted by atomic mass is 10.2. The van der Waals surface area contributed by atoms with E-state index in [1.807, 2.05) is 17.9 Å². The molecule has 3 rings (SSSR count). The number of halogens is 1. The predicted octanol–water partition coefficient (Wildman–Crippen LogP) is 2.57. The molecule has 4 nitrogen and oxygen atoms in total. The highest BCUT2D eigenvalue weighted by Crippen LogP contribution is 2.28. The Hall–Kier alpha value is -1.50. The molecule has 0 unspecified atom stereocenters. The van der Waals surface area contributed by atoms with Crippen LogP contribution < -0.4 is 0 Å². The highest BCUT2D eigenvalue weighted by atomic mass is 32.1. The molecule has 2 aromatic rings. The lowest BCUT2D eigenvalue weighted by molar-refractivity contribution is 0.0527. The smallest absolute Gasteiger partial charge is 0.264 e. The van der Waals surface area contributed by atoms with Crippen LogP contribution in [0.1, 0.15) is 23.0 Å². The van der Waals surface area contributed by atoms with Crippen molar-refractivity contribution in [3.05, 3.63) is 35.0 Å². The van der Waals surface area contributed by atoms with Gasteiger partial charge in [-0.25, -0.2) is 4.39 Å². The van der Waals surface area contributed by atoms with Gasteiger partial charge in [-0.1, -0.05) is 13.0 Å². The summed E-state index contributed by atoms with van der Waals surface area (Å²) in [5, 5.41) is 10.2. The van der Waals surface area contributed by atoms with E-state index in [4.69, 9.17) is 0 Å². The van der Waals surface area contributed by atoms with Gasteiger partial charge in [0.15, 0.2) is 0 Å². The molecule has 1 atom stereocenters. The van der Waals surface area contributed by atoms with Crippen molar-refractivity contribution >= 4 is 27.3 Å². The third-order valence-electron chi connectivity index (χ3n) is 4.32. The van der Waals surface area contributed by atoms with E-state index in [1.54, 1.807) is 12.1 Å². The van der Waals surface area contributed by atoms with Crippen LogP contribution in [-0.4, -0.2) is 59.6 Å². The third-order valence-corrected chi connectivity index (χ3v) is 5.41. The summed E-state index contributed by atoms with van der Waals surface area (Å²) in [5.74, 6) is -0.308. The van der Waals surface area contributed by atoms with E-state index < -0.39 is 0 Å². The summed E-state index contributed by atoms with van der Waals surface area (Å²) in [7, 11) is 0. The van der Waals surface area contributed by atoms with Crippen molar-refractivity contribution in [3.8, 4) is 0 Å². The zero-order valence-corrected chi connectivity index (χ0v) is 14.0. The lowest BCUT2D eigenvalue weighted by Gasteiger charge is -2.35. The molecule has 0 spiro atoms. The average molecular weight is 336 g/mol. The molecule has 1 fully saturated rings. The standard InChI is InChI=1S/C17H21FN2O2S/c1-2-12(21)11-19-6-8-20(9-7-19)17(22)16-10-13-14(18)4-3-5-15(13)23-16/h3-5,10,12,21H,2,6-9,11H2,1H3/t12-/m1/s1. The van der Waals surface area contributed by atoms with Crippen LogP contribution in [0.4, 0.5) is 4.39 Å².